The van der Waals surface area contributed by atoms with Crippen LogP contribution in [0.25, 0.3) is 6.08 Å². The topological polar surface area (TPSA) is 46.5 Å². The fraction of sp³-hybridized carbons (Fsp3) is 0.400. The van der Waals surface area contributed by atoms with Gasteiger partial charge in [0, 0.05) is 12.7 Å². The quantitative estimate of drug-likeness (QED) is 0.577. The van der Waals surface area contributed by atoms with Crippen molar-refractivity contribution in [1.82, 2.24) is 0 Å². The summed E-state index contributed by atoms with van der Waals surface area (Å²) in [4.78, 5) is 10.5. The van der Waals surface area contributed by atoms with Crippen LogP contribution >= 0.6 is 0 Å². The van der Waals surface area contributed by atoms with Crippen LogP contribution in [0, 0.1) is 5.82 Å². The molecule has 0 amide bonds. The smallest absolute Gasteiger partial charge is 0.328 e. The largest absolute Gasteiger partial charge is 0.478 e. The van der Waals surface area contributed by atoms with Crippen LogP contribution in [0.2, 0.25) is 0 Å². The third kappa shape index (κ3) is 6.15. The first-order chi connectivity index (χ1) is 9.13. The van der Waals surface area contributed by atoms with Gasteiger partial charge in [-0.2, -0.15) is 0 Å². The van der Waals surface area contributed by atoms with E-state index in [2.05, 4.69) is 6.92 Å². The molecule has 0 heterocycles. The fourth-order valence-corrected chi connectivity index (χ4v) is 1.65. The molecule has 4 heteroatoms. The van der Waals surface area contributed by atoms with Gasteiger partial charge in [0.1, 0.15) is 5.82 Å². The zero-order valence-corrected chi connectivity index (χ0v) is 11.1. The molecular formula is C15H19FO3. The van der Waals surface area contributed by atoms with Crippen LogP contribution in [0.5, 0.6) is 0 Å². The number of hydrogen-bond acceptors (Lipinski definition) is 2. The van der Waals surface area contributed by atoms with Gasteiger partial charge in [0.05, 0.1) is 6.61 Å². The van der Waals surface area contributed by atoms with E-state index in [0.29, 0.717) is 18.8 Å². The zero-order valence-electron chi connectivity index (χ0n) is 11.1. The van der Waals surface area contributed by atoms with Crippen LogP contribution in [-0.2, 0) is 16.1 Å². The normalized spacial score (nSPS) is 11.1. The lowest BCUT2D eigenvalue weighted by atomic mass is 10.1. The average Bonchev–Trinajstić information content (AvgIpc) is 2.38. The molecule has 0 aliphatic carbocycles. The highest BCUT2D eigenvalue weighted by Crippen LogP contribution is 2.15. The van der Waals surface area contributed by atoms with Crippen molar-refractivity contribution in [3.63, 3.8) is 0 Å². The Bertz CT molecular complexity index is 441. The van der Waals surface area contributed by atoms with Crippen LogP contribution in [0.15, 0.2) is 24.3 Å². The Balaban J connectivity index is 2.63. The van der Waals surface area contributed by atoms with Gasteiger partial charge in [0.25, 0.3) is 0 Å². The van der Waals surface area contributed by atoms with Crippen LogP contribution in [0.1, 0.15) is 37.3 Å². The number of ether oxygens (including phenoxy) is 1. The lowest BCUT2D eigenvalue weighted by Crippen LogP contribution is -1.98. The van der Waals surface area contributed by atoms with Gasteiger partial charge in [-0.25, -0.2) is 9.18 Å². The molecule has 0 radical (unpaired) electrons. The standard InChI is InChI=1S/C15H19FO3/c1-2-3-4-9-19-11-13-5-7-14(16)10-12(13)6-8-15(17)18/h5-8,10H,2-4,9,11H2,1H3,(H,17,18)/b8-6+. The molecule has 19 heavy (non-hydrogen) atoms. The molecule has 0 bridgehead atoms. The number of halogens is 1. The van der Waals surface area contributed by atoms with Gasteiger partial charge < -0.3 is 9.84 Å². The maximum Gasteiger partial charge on any atom is 0.328 e. The molecule has 1 aromatic carbocycles. The van der Waals surface area contributed by atoms with Crippen molar-refractivity contribution >= 4 is 12.0 Å². The van der Waals surface area contributed by atoms with Crippen molar-refractivity contribution in [2.24, 2.45) is 0 Å². The lowest BCUT2D eigenvalue weighted by molar-refractivity contribution is -0.131. The van der Waals surface area contributed by atoms with E-state index in [-0.39, 0.29) is 5.82 Å². The van der Waals surface area contributed by atoms with E-state index in [1.807, 2.05) is 0 Å². The number of rotatable bonds is 8. The number of carboxylic acids is 1. The van der Waals surface area contributed by atoms with E-state index in [9.17, 15) is 9.18 Å². The van der Waals surface area contributed by atoms with Crippen molar-refractivity contribution < 1.29 is 19.0 Å². The van der Waals surface area contributed by atoms with Gasteiger partial charge in [-0.1, -0.05) is 25.8 Å². The van der Waals surface area contributed by atoms with E-state index in [0.717, 1.165) is 30.9 Å². The SMILES string of the molecule is CCCCCOCc1ccc(F)cc1/C=C/C(=O)O. The summed E-state index contributed by atoms with van der Waals surface area (Å²) in [6.07, 6.45) is 5.63. The summed E-state index contributed by atoms with van der Waals surface area (Å²) in [5.74, 6) is -1.45. The monoisotopic (exact) mass is 266 g/mol. The molecule has 1 rings (SSSR count). The van der Waals surface area contributed by atoms with E-state index in [4.69, 9.17) is 9.84 Å². The number of carboxylic acid groups (broad SMARTS) is 1. The second-order valence-corrected chi connectivity index (χ2v) is 4.27. The maximum absolute atomic E-state index is 13.1. The Morgan fingerprint density at radius 3 is 2.89 bits per heavy atom. The van der Waals surface area contributed by atoms with Crippen LogP contribution in [0.4, 0.5) is 4.39 Å². The second-order valence-electron chi connectivity index (χ2n) is 4.27. The first-order valence-electron chi connectivity index (χ1n) is 6.40. The molecule has 104 valence electrons. The summed E-state index contributed by atoms with van der Waals surface area (Å²) >= 11 is 0. The summed E-state index contributed by atoms with van der Waals surface area (Å²) in [6.45, 7) is 3.14. The number of hydrogen-bond donors (Lipinski definition) is 1. The maximum atomic E-state index is 13.1. The Kier molecular flexibility index (Phi) is 6.82. The van der Waals surface area contributed by atoms with Gasteiger partial charge in [-0.3, -0.25) is 0 Å². The van der Waals surface area contributed by atoms with E-state index >= 15 is 0 Å². The van der Waals surface area contributed by atoms with Crippen molar-refractivity contribution in [2.45, 2.75) is 32.8 Å². The minimum Gasteiger partial charge on any atom is -0.478 e. The number of unbranched alkanes of at least 4 members (excludes halogenated alkanes) is 2. The summed E-state index contributed by atoms with van der Waals surface area (Å²) in [7, 11) is 0. The molecule has 1 N–H and O–H groups in total. The Labute approximate surface area is 112 Å². The number of benzene rings is 1. The van der Waals surface area contributed by atoms with Crippen molar-refractivity contribution in [3.8, 4) is 0 Å². The van der Waals surface area contributed by atoms with E-state index < -0.39 is 5.97 Å². The zero-order chi connectivity index (χ0) is 14.1. The van der Waals surface area contributed by atoms with Crippen molar-refractivity contribution in [3.05, 3.63) is 41.2 Å². The van der Waals surface area contributed by atoms with Crippen LogP contribution < -0.4 is 0 Å². The third-order valence-corrected chi connectivity index (χ3v) is 2.66. The third-order valence-electron chi connectivity index (χ3n) is 2.66. The summed E-state index contributed by atoms with van der Waals surface area (Å²) < 4.78 is 18.6. The van der Waals surface area contributed by atoms with Gasteiger partial charge in [0.2, 0.25) is 0 Å². The first-order valence-corrected chi connectivity index (χ1v) is 6.40. The van der Waals surface area contributed by atoms with Gasteiger partial charge in [0.15, 0.2) is 0 Å². The summed E-state index contributed by atoms with van der Waals surface area (Å²) in [6, 6.07) is 4.28. The van der Waals surface area contributed by atoms with E-state index in [1.54, 1.807) is 6.07 Å². The van der Waals surface area contributed by atoms with Crippen molar-refractivity contribution in [2.75, 3.05) is 6.61 Å². The summed E-state index contributed by atoms with van der Waals surface area (Å²) in [5.41, 5.74) is 1.33. The first kappa shape index (κ1) is 15.4. The molecule has 3 nitrogen and oxygen atoms in total. The summed E-state index contributed by atoms with van der Waals surface area (Å²) in [5, 5.41) is 8.60. The van der Waals surface area contributed by atoms with E-state index in [1.165, 1.54) is 18.2 Å². The highest BCUT2D eigenvalue weighted by atomic mass is 19.1. The van der Waals surface area contributed by atoms with Gasteiger partial charge in [-0.15, -0.1) is 0 Å². The predicted octanol–water partition coefficient (Wildman–Crippen LogP) is 3.63. The van der Waals surface area contributed by atoms with Gasteiger partial charge in [-0.05, 0) is 35.8 Å². The highest BCUT2D eigenvalue weighted by Gasteiger charge is 2.03. The molecule has 0 aliphatic heterocycles. The molecule has 0 unspecified atom stereocenters. The van der Waals surface area contributed by atoms with Gasteiger partial charge >= 0.3 is 5.97 Å². The molecule has 0 aromatic heterocycles. The molecule has 1 aromatic rings. The highest BCUT2D eigenvalue weighted by molar-refractivity contribution is 5.85. The number of carbonyl (C=O) groups is 1. The fourth-order valence-electron chi connectivity index (χ4n) is 1.65. The Morgan fingerprint density at radius 2 is 2.21 bits per heavy atom. The second kappa shape index (κ2) is 8.43. The molecule has 0 aliphatic rings. The Morgan fingerprint density at radius 1 is 1.42 bits per heavy atom. The van der Waals surface area contributed by atoms with Crippen LogP contribution in [0.3, 0.4) is 0 Å². The molecular weight excluding hydrogens is 247 g/mol. The van der Waals surface area contributed by atoms with Crippen molar-refractivity contribution in [1.29, 1.82) is 0 Å². The predicted molar refractivity (Wildman–Crippen MR) is 72.3 cm³/mol. The minimum absolute atomic E-state index is 0.364. The molecule has 0 fully saturated rings. The molecule has 0 saturated heterocycles. The Hall–Kier alpha value is -1.68. The molecule has 0 saturated carbocycles. The lowest BCUT2D eigenvalue weighted by Gasteiger charge is -2.07. The molecule has 0 atom stereocenters. The minimum atomic E-state index is -1.06. The average molecular weight is 266 g/mol. The van der Waals surface area contributed by atoms with Crippen LogP contribution in [-0.4, -0.2) is 17.7 Å². The molecule has 0 spiro atoms. The number of aliphatic carboxylic acids is 1.